The largest absolute Gasteiger partial charge is 0.453 e. The predicted octanol–water partition coefficient (Wildman–Crippen LogP) is 7.80. The predicted molar refractivity (Wildman–Crippen MR) is 134 cm³/mol. The second-order valence-corrected chi connectivity index (χ2v) is 10.2. The fourth-order valence-corrected chi connectivity index (χ4v) is 5.41. The Kier molecular flexibility index (Phi) is 8.01. The molecule has 2 unspecified atom stereocenters. The summed E-state index contributed by atoms with van der Waals surface area (Å²) in [6, 6.07) is 3.65. The summed E-state index contributed by atoms with van der Waals surface area (Å²) in [5, 5.41) is 0. The number of anilines is 1. The number of fused-ring (bicyclic) bond motifs is 1. The molecule has 1 fully saturated rings. The Morgan fingerprint density at radius 3 is 2.10 bits per heavy atom. The lowest BCUT2D eigenvalue weighted by atomic mass is 9.84. The third-order valence-electron chi connectivity index (χ3n) is 7.57. The van der Waals surface area contributed by atoms with Crippen LogP contribution < -0.4 is 4.90 Å². The van der Waals surface area contributed by atoms with Gasteiger partial charge in [0.15, 0.2) is 0 Å². The topological polar surface area (TPSA) is 59.1 Å². The Hall–Kier alpha value is -3.44. The van der Waals surface area contributed by atoms with E-state index in [0.717, 1.165) is 36.0 Å². The lowest BCUT2D eigenvalue weighted by molar-refractivity contribution is -0.143. The van der Waals surface area contributed by atoms with Crippen molar-refractivity contribution in [2.75, 3.05) is 18.6 Å². The Labute approximate surface area is 227 Å². The summed E-state index contributed by atoms with van der Waals surface area (Å²) in [5.41, 5.74) is -0.664. The number of rotatable bonds is 5. The van der Waals surface area contributed by atoms with Crippen LogP contribution in [0.2, 0.25) is 0 Å². The smallest absolute Gasteiger partial charge is 0.416 e. The molecule has 1 aliphatic carbocycles. The summed E-state index contributed by atoms with van der Waals surface area (Å²) in [6.07, 6.45) is -9.67. The highest BCUT2D eigenvalue weighted by Crippen LogP contribution is 2.50. The monoisotopic (exact) mass is 572 g/mol. The van der Waals surface area contributed by atoms with Gasteiger partial charge in [0.1, 0.15) is 0 Å². The van der Waals surface area contributed by atoms with Crippen LogP contribution in [0.15, 0.2) is 30.3 Å². The van der Waals surface area contributed by atoms with E-state index in [0.29, 0.717) is 23.4 Å². The van der Waals surface area contributed by atoms with E-state index in [4.69, 9.17) is 9.47 Å². The number of carbonyl (C=O) groups is 2. The lowest BCUT2D eigenvalue weighted by Crippen LogP contribution is -2.50. The van der Waals surface area contributed by atoms with E-state index in [1.54, 1.807) is 24.8 Å². The van der Waals surface area contributed by atoms with Crippen molar-refractivity contribution in [1.29, 1.82) is 0 Å². The van der Waals surface area contributed by atoms with E-state index in [2.05, 4.69) is 0 Å². The number of hydrogen-bond acceptors (Lipinski definition) is 4. The van der Waals surface area contributed by atoms with Crippen LogP contribution in [0.4, 0.5) is 41.6 Å². The highest BCUT2D eigenvalue weighted by Gasteiger charge is 2.47. The van der Waals surface area contributed by atoms with Crippen LogP contribution in [0.1, 0.15) is 65.6 Å². The van der Waals surface area contributed by atoms with Crippen molar-refractivity contribution in [2.45, 2.75) is 71.0 Å². The highest BCUT2D eigenvalue weighted by atomic mass is 19.4. The second-order valence-electron chi connectivity index (χ2n) is 10.2. The second kappa shape index (κ2) is 10.9. The Bertz CT molecular complexity index is 1260. The maximum Gasteiger partial charge on any atom is 0.416 e. The Morgan fingerprint density at radius 1 is 1.00 bits per heavy atom. The van der Waals surface area contributed by atoms with Gasteiger partial charge in [-0.2, -0.15) is 26.3 Å². The van der Waals surface area contributed by atoms with Gasteiger partial charge in [0.05, 0.1) is 36.6 Å². The van der Waals surface area contributed by atoms with Crippen LogP contribution in [0, 0.1) is 19.8 Å². The van der Waals surface area contributed by atoms with Gasteiger partial charge in [0.25, 0.3) is 0 Å². The van der Waals surface area contributed by atoms with Gasteiger partial charge in [-0.05, 0) is 86.9 Å². The number of alkyl halides is 6. The molecule has 4 rings (SSSR count). The van der Waals surface area contributed by atoms with Crippen molar-refractivity contribution < 1.29 is 45.4 Å². The lowest BCUT2D eigenvalue weighted by Gasteiger charge is -2.45. The molecule has 6 nitrogen and oxygen atoms in total. The molecule has 1 heterocycles. The highest BCUT2D eigenvalue weighted by molar-refractivity contribution is 5.91. The molecule has 2 aromatic carbocycles. The third kappa shape index (κ3) is 5.85. The molecular formula is C28H30F6N2O4. The molecule has 2 amide bonds. The van der Waals surface area contributed by atoms with Gasteiger partial charge in [-0.3, -0.25) is 9.80 Å². The van der Waals surface area contributed by atoms with E-state index in [1.165, 1.54) is 0 Å². The average Bonchev–Trinajstić information content (AvgIpc) is 3.72. The standard InChI is InChI=1S/C28H30F6N2O4/c1-5-40-26(38)36-21-9-6-15(2)16(3)24(21)23(13-22(36)18-7-8-18)35(25(37)39-4)14-17-10-19(27(29,30)31)12-20(11-17)28(32,33)34/h6,9-12,18,22-23H,5,7-8,13-14H2,1-4H3. The number of halogens is 6. The van der Waals surface area contributed by atoms with E-state index in [9.17, 15) is 35.9 Å². The fraction of sp³-hybridized carbons (Fsp3) is 0.500. The fourth-order valence-electron chi connectivity index (χ4n) is 5.41. The number of methoxy groups -OCH3 is 1. The molecule has 40 heavy (non-hydrogen) atoms. The van der Waals surface area contributed by atoms with Crippen molar-refractivity contribution in [2.24, 2.45) is 5.92 Å². The molecule has 12 heteroatoms. The number of ether oxygens (including phenoxy) is 2. The molecule has 0 saturated heterocycles. The van der Waals surface area contributed by atoms with Crippen LogP contribution in [-0.4, -0.2) is 36.8 Å². The van der Waals surface area contributed by atoms with Gasteiger partial charge in [-0.1, -0.05) is 6.07 Å². The van der Waals surface area contributed by atoms with Gasteiger partial charge in [0, 0.05) is 18.2 Å². The Balaban J connectivity index is 1.86. The summed E-state index contributed by atoms with van der Waals surface area (Å²) in [5.74, 6) is 0.103. The first-order chi connectivity index (χ1) is 18.7. The van der Waals surface area contributed by atoms with Crippen LogP contribution in [0.3, 0.4) is 0 Å². The maximum absolute atomic E-state index is 13.6. The molecule has 218 valence electrons. The van der Waals surface area contributed by atoms with Gasteiger partial charge < -0.3 is 9.47 Å². The normalized spacial score (nSPS) is 19.2. The minimum absolute atomic E-state index is 0.0513. The minimum Gasteiger partial charge on any atom is -0.453 e. The first-order valence-electron chi connectivity index (χ1n) is 12.9. The summed E-state index contributed by atoms with van der Waals surface area (Å²) in [7, 11) is 1.10. The molecule has 0 aromatic heterocycles. The molecule has 0 N–H and O–H groups in total. The summed E-state index contributed by atoms with van der Waals surface area (Å²) < 4.78 is 91.6. The van der Waals surface area contributed by atoms with E-state index < -0.39 is 54.3 Å². The van der Waals surface area contributed by atoms with Crippen molar-refractivity contribution in [3.8, 4) is 0 Å². The molecule has 0 spiro atoms. The molecule has 0 radical (unpaired) electrons. The number of hydrogen-bond donors (Lipinski definition) is 0. The summed E-state index contributed by atoms with van der Waals surface area (Å²) >= 11 is 0. The van der Waals surface area contributed by atoms with Gasteiger partial charge in [-0.25, -0.2) is 9.59 Å². The van der Waals surface area contributed by atoms with Crippen molar-refractivity contribution in [3.05, 3.63) is 63.7 Å². The number of nitrogens with zero attached hydrogens (tertiary/aromatic N) is 2. The van der Waals surface area contributed by atoms with Crippen molar-refractivity contribution in [1.82, 2.24) is 4.90 Å². The van der Waals surface area contributed by atoms with Crippen LogP contribution in [-0.2, 0) is 28.4 Å². The first kappa shape index (κ1) is 29.5. The molecule has 1 saturated carbocycles. The summed E-state index contributed by atoms with van der Waals surface area (Å²) in [4.78, 5) is 29.0. The van der Waals surface area contributed by atoms with E-state index in [-0.39, 0.29) is 30.6 Å². The number of benzene rings is 2. The van der Waals surface area contributed by atoms with E-state index in [1.807, 2.05) is 13.0 Å². The SMILES string of the molecule is CCOC(=O)N1c2ccc(C)c(C)c2C(N(Cc2cc(C(F)(F)F)cc(C(F)(F)F)c2)C(=O)OC)CC1C1CC1. The molecule has 1 aliphatic heterocycles. The average molecular weight is 573 g/mol. The molecule has 2 atom stereocenters. The van der Waals surface area contributed by atoms with Gasteiger partial charge >= 0.3 is 24.5 Å². The minimum atomic E-state index is -5.03. The zero-order chi connectivity index (χ0) is 29.6. The van der Waals surface area contributed by atoms with Crippen LogP contribution in [0.5, 0.6) is 0 Å². The van der Waals surface area contributed by atoms with Crippen LogP contribution in [0.25, 0.3) is 0 Å². The first-order valence-corrected chi connectivity index (χ1v) is 12.9. The van der Waals surface area contributed by atoms with Gasteiger partial charge in [0.2, 0.25) is 0 Å². The molecule has 2 aliphatic rings. The molecule has 0 bridgehead atoms. The van der Waals surface area contributed by atoms with Crippen LogP contribution >= 0.6 is 0 Å². The maximum atomic E-state index is 13.6. The van der Waals surface area contributed by atoms with E-state index >= 15 is 0 Å². The molecule has 2 aromatic rings. The zero-order valence-corrected chi connectivity index (χ0v) is 22.4. The third-order valence-corrected chi connectivity index (χ3v) is 7.57. The quantitative estimate of drug-likeness (QED) is 0.343. The number of carbonyl (C=O) groups excluding carboxylic acids is 2. The Morgan fingerprint density at radius 2 is 1.60 bits per heavy atom. The number of aryl methyl sites for hydroxylation is 1. The summed E-state index contributed by atoms with van der Waals surface area (Å²) in [6.45, 7) is 4.87. The zero-order valence-electron chi connectivity index (χ0n) is 22.4. The molecular weight excluding hydrogens is 542 g/mol. The van der Waals surface area contributed by atoms with Crippen molar-refractivity contribution in [3.63, 3.8) is 0 Å². The van der Waals surface area contributed by atoms with Crippen molar-refractivity contribution >= 4 is 17.9 Å². The van der Waals surface area contributed by atoms with Gasteiger partial charge in [-0.15, -0.1) is 0 Å². The number of amides is 2.